The summed E-state index contributed by atoms with van der Waals surface area (Å²) < 4.78 is 0.610. The lowest BCUT2D eigenvalue weighted by atomic mass is 10.1. The van der Waals surface area contributed by atoms with Crippen LogP contribution in [-0.2, 0) is 4.79 Å². The van der Waals surface area contributed by atoms with Crippen LogP contribution in [0.2, 0.25) is 0 Å². The summed E-state index contributed by atoms with van der Waals surface area (Å²) >= 11 is 6.43. The Morgan fingerprint density at radius 3 is 2.56 bits per heavy atom. The van der Waals surface area contributed by atoms with Crippen LogP contribution in [0.4, 0.5) is 0 Å². The van der Waals surface area contributed by atoms with E-state index in [9.17, 15) is 4.79 Å². The molecule has 1 aliphatic heterocycles. The van der Waals surface area contributed by atoms with Gasteiger partial charge in [0.2, 0.25) is 0 Å². The van der Waals surface area contributed by atoms with E-state index in [1.807, 2.05) is 49.4 Å². The van der Waals surface area contributed by atoms with E-state index in [1.165, 1.54) is 16.7 Å². The largest absolute Gasteiger partial charge is 0.296 e. The summed E-state index contributed by atoms with van der Waals surface area (Å²) in [7, 11) is 1.70. The van der Waals surface area contributed by atoms with Crippen LogP contribution in [-0.4, -0.2) is 22.2 Å². The van der Waals surface area contributed by atoms with Gasteiger partial charge in [0.15, 0.2) is 0 Å². The molecule has 2 rings (SSSR count). The predicted molar refractivity (Wildman–Crippen MR) is 81.1 cm³/mol. The van der Waals surface area contributed by atoms with Gasteiger partial charge in [0.05, 0.1) is 4.91 Å². The number of carbonyl (C=O) groups excluding carboxylic acids is 1. The molecule has 4 heteroatoms. The highest BCUT2D eigenvalue weighted by Gasteiger charge is 2.28. The van der Waals surface area contributed by atoms with Gasteiger partial charge in [-0.1, -0.05) is 60.4 Å². The fourth-order valence-electron chi connectivity index (χ4n) is 1.61. The maximum Gasteiger partial charge on any atom is 0.265 e. The number of rotatable bonds is 2. The molecule has 1 aliphatic rings. The minimum atomic E-state index is -0.0224. The van der Waals surface area contributed by atoms with Crippen LogP contribution in [0, 0.1) is 0 Å². The van der Waals surface area contributed by atoms with Gasteiger partial charge in [-0.05, 0) is 24.1 Å². The molecule has 0 unspecified atom stereocenters. The third kappa shape index (κ3) is 2.89. The van der Waals surface area contributed by atoms with Crippen LogP contribution >= 0.6 is 24.0 Å². The lowest BCUT2D eigenvalue weighted by Crippen LogP contribution is -2.22. The molecule has 1 aromatic rings. The molecule has 0 spiro atoms. The van der Waals surface area contributed by atoms with E-state index in [-0.39, 0.29) is 5.91 Å². The van der Waals surface area contributed by atoms with Gasteiger partial charge in [0, 0.05) is 7.05 Å². The SMILES string of the molecule is CC(=Cc1ccccc1)C=C1SC(=S)N(C)C1=O. The maximum atomic E-state index is 11.8. The molecule has 1 aromatic carbocycles. The van der Waals surface area contributed by atoms with Crippen molar-refractivity contribution in [3.63, 3.8) is 0 Å². The highest BCUT2D eigenvalue weighted by atomic mass is 32.2. The summed E-state index contributed by atoms with van der Waals surface area (Å²) in [6.07, 6.45) is 3.93. The molecule has 1 saturated heterocycles. The highest BCUT2D eigenvalue weighted by Crippen LogP contribution is 2.30. The summed E-state index contributed by atoms with van der Waals surface area (Å²) in [6, 6.07) is 10.0. The molecule has 18 heavy (non-hydrogen) atoms. The summed E-state index contributed by atoms with van der Waals surface area (Å²) in [4.78, 5) is 14.0. The third-order valence-corrected chi connectivity index (χ3v) is 4.02. The van der Waals surface area contributed by atoms with Crippen LogP contribution in [0.3, 0.4) is 0 Å². The Kier molecular flexibility index (Phi) is 3.99. The van der Waals surface area contributed by atoms with E-state index in [4.69, 9.17) is 12.2 Å². The minimum absolute atomic E-state index is 0.0224. The number of nitrogens with zero attached hydrogens (tertiary/aromatic N) is 1. The summed E-state index contributed by atoms with van der Waals surface area (Å²) in [5, 5.41) is 0. The van der Waals surface area contributed by atoms with Crippen molar-refractivity contribution in [2.75, 3.05) is 7.05 Å². The first-order valence-electron chi connectivity index (χ1n) is 5.53. The van der Waals surface area contributed by atoms with Gasteiger partial charge in [-0.15, -0.1) is 0 Å². The number of thioether (sulfide) groups is 1. The molecule has 0 radical (unpaired) electrons. The molecule has 1 amide bonds. The normalized spacial score (nSPS) is 18.9. The summed E-state index contributed by atoms with van der Waals surface area (Å²) in [5.41, 5.74) is 2.16. The van der Waals surface area contributed by atoms with Crippen LogP contribution in [0.5, 0.6) is 0 Å². The Balaban J connectivity index is 2.22. The zero-order valence-corrected chi connectivity index (χ0v) is 11.8. The number of hydrogen-bond donors (Lipinski definition) is 0. The number of hydrogen-bond acceptors (Lipinski definition) is 3. The Bertz CT molecular complexity index is 546. The van der Waals surface area contributed by atoms with Gasteiger partial charge >= 0.3 is 0 Å². The molecular weight excluding hydrogens is 262 g/mol. The molecule has 0 N–H and O–H groups in total. The standard InChI is InChI=1S/C14H13NOS2/c1-10(8-11-6-4-3-5-7-11)9-12-13(16)15(2)14(17)18-12/h3-9H,1-2H3. The Morgan fingerprint density at radius 2 is 2.00 bits per heavy atom. The minimum Gasteiger partial charge on any atom is -0.296 e. The second-order valence-electron chi connectivity index (χ2n) is 4.04. The van der Waals surface area contributed by atoms with E-state index < -0.39 is 0 Å². The van der Waals surface area contributed by atoms with E-state index in [2.05, 4.69) is 0 Å². The van der Waals surface area contributed by atoms with Crippen molar-refractivity contribution in [3.05, 3.63) is 52.4 Å². The van der Waals surface area contributed by atoms with Gasteiger partial charge in [-0.2, -0.15) is 0 Å². The average Bonchev–Trinajstić information content (AvgIpc) is 2.58. The van der Waals surface area contributed by atoms with Gasteiger partial charge < -0.3 is 0 Å². The highest BCUT2D eigenvalue weighted by molar-refractivity contribution is 8.26. The first-order chi connectivity index (χ1) is 8.58. The second-order valence-corrected chi connectivity index (χ2v) is 5.72. The zero-order chi connectivity index (χ0) is 13.1. The van der Waals surface area contributed by atoms with Crippen molar-refractivity contribution in [3.8, 4) is 0 Å². The lowest BCUT2D eigenvalue weighted by Gasteiger charge is -2.03. The van der Waals surface area contributed by atoms with Crippen molar-refractivity contribution >= 4 is 40.3 Å². The topological polar surface area (TPSA) is 20.3 Å². The summed E-state index contributed by atoms with van der Waals surface area (Å²) in [5.74, 6) is -0.0224. The maximum absolute atomic E-state index is 11.8. The molecule has 1 heterocycles. The average molecular weight is 275 g/mol. The molecule has 0 bridgehead atoms. The lowest BCUT2D eigenvalue weighted by molar-refractivity contribution is -0.121. The Morgan fingerprint density at radius 1 is 1.33 bits per heavy atom. The number of allylic oxidation sites excluding steroid dienone is 2. The fourth-order valence-corrected chi connectivity index (χ4v) is 2.84. The molecule has 1 fully saturated rings. The quantitative estimate of drug-likeness (QED) is 0.609. The van der Waals surface area contributed by atoms with Crippen molar-refractivity contribution in [1.82, 2.24) is 4.90 Å². The molecule has 2 nitrogen and oxygen atoms in total. The molecule has 0 aromatic heterocycles. The van der Waals surface area contributed by atoms with Gasteiger partial charge in [0.1, 0.15) is 4.32 Å². The molecule has 0 aliphatic carbocycles. The number of amides is 1. The third-order valence-electron chi connectivity index (χ3n) is 2.54. The fraction of sp³-hybridized carbons (Fsp3) is 0.143. The predicted octanol–water partition coefficient (Wildman–Crippen LogP) is 3.46. The molecule has 0 atom stereocenters. The van der Waals surface area contributed by atoms with Crippen molar-refractivity contribution in [1.29, 1.82) is 0 Å². The van der Waals surface area contributed by atoms with E-state index >= 15 is 0 Å². The van der Waals surface area contributed by atoms with E-state index in [0.717, 1.165) is 11.1 Å². The monoisotopic (exact) mass is 275 g/mol. The summed E-state index contributed by atoms with van der Waals surface area (Å²) in [6.45, 7) is 1.98. The van der Waals surface area contributed by atoms with Gasteiger partial charge in [0.25, 0.3) is 5.91 Å². The van der Waals surface area contributed by atoms with Gasteiger partial charge in [-0.25, -0.2) is 0 Å². The number of thiocarbonyl (C=S) groups is 1. The van der Waals surface area contributed by atoms with Crippen LogP contribution in [0.15, 0.2) is 46.9 Å². The van der Waals surface area contributed by atoms with Gasteiger partial charge in [-0.3, -0.25) is 9.69 Å². The first-order valence-corrected chi connectivity index (χ1v) is 6.75. The number of likely N-dealkylation sites (N-methyl/N-ethyl adjacent to an activating group) is 1. The smallest absolute Gasteiger partial charge is 0.265 e. The van der Waals surface area contributed by atoms with E-state index in [0.29, 0.717) is 9.23 Å². The van der Waals surface area contributed by atoms with Crippen LogP contribution in [0.25, 0.3) is 6.08 Å². The Labute approximate surface area is 116 Å². The van der Waals surface area contributed by atoms with E-state index in [1.54, 1.807) is 7.05 Å². The molecule has 0 saturated carbocycles. The van der Waals surface area contributed by atoms with Crippen molar-refractivity contribution < 1.29 is 4.79 Å². The van der Waals surface area contributed by atoms with Crippen molar-refractivity contribution in [2.45, 2.75) is 6.92 Å². The Hall–Kier alpha value is -1.39. The second kappa shape index (κ2) is 5.50. The number of benzene rings is 1. The first kappa shape index (κ1) is 13.1. The van der Waals surface area contributed by atoms with Crippen molar-refractivity contribution in [2.24, 2.45) is 0 Å². The molecule has 92 valence electrons. The number of carbonyl (C=O) groups is 1. The van der Waals surface area contributed by atoms with Crippen LogP contribution < -0.4 is 0 Å². The van der Waals surface area contributed by atoms with Crippen LogP contribution in [0.1, 0.15) is 12.5 Å². The molecular formula is C14H13NOS2. The zero-order valence-electron chi connectivity index (χ0n) is 10.2.